The number of aliphatic hydroxyl groups is 1. The van der Waals surface area contributed by atoms with Crippen molar-refractivity contribution in [1.82, 2.24) is 0 Å². The molecule has 1 aliphatic carbocycles. The molecule has 0 amide bonds. The van der Waals surface area contributed by atoms with Gasteiger partial charge in [0.15, 0.2) is 0 Å². The van der Waals surface area contributed by atoms with Crippen molar-refractivity contribution < 1.29 is 9.50 Å². The summed E-state index contributed by atoms with van der Waals surface area (Å²) >= 11 is 0. The summed E-state index contributed by atoms with van der Waals surface area (Å²) in [6.07, 6.45) is 0.971. The van der Waals surface area contributed by atoms with Crippen LogP contribution in [0.5, 0.6) is 0 Å². The van der Waals surface area contributed by atoms with Crippen molar-refractivity contribution in [3.63, 3.8) is 0 Å². The Kier molecular flexibility index (Phi) is 2.77. The lowest BCUT2D eigenvalue weighted by molar-refractivity contribution is -0.0395. The zero-order valence-corrected chi connectivity index (χ0v) is 8.18. The number of hydrogen-bond donors (Lipinski definition) is 1. The summed E-state index contributed by atoms with van der Waals surface area (Å²) in [6, 6.07) is 0. The summed E-state index contributed by atoms with van der Waals surface area (Å²) < 4.78 is 13.4. The Bertz CT molecular complexity index is 140. The normalized spacial score (nSPS) is 38.2. The number of halogens is 1. The maximum Gasteiger partial charge on any atom is 0.106 e. The second-order valence-electron chi connectivity index (χ2n) is 4.91. The van der Waals surface area contributed by atoms with Crippen LogP contribution in [0, 0.1) is 11.3 Å². The van der Waals surface area contributed by atoms with E-state index >= 15 is 0 Å². The van der Waals surface area contributed by atoms with Crippen molar-refractivity contribution >= 4 is 0 Å². The molecule has 3 atom stereocenters. The molecule has 2 heteroatoms. The fourth-order valence-electron chi connectivity index (χ4n) is 2.24. The van der Waals surface area contributed by atoms with Crippen LogP contribution in [0.25, 0.3) is 0 Å². The van der Waals surface area contributed by atoms with E-state index in [9.17, 15) is 9.50 Å². The maximum atomic E-state index is 13.4. The minimum atomic E-state index is -0.811. The molecule has 3 unspecified atom stereocenters. The summed E-state index contributed by atoms with van der Waals surface area (Å²) in [5.74, 6) is -0.175. The highest BCUT2D eigenvalue weighted by Crippen LogP contribution is 2.39. The zero-order valence-electron chi connectivity index (χ0n) is 8.18. The molecular formula is C10H19FO. The quantitative estimate of drug-likeness (QED) is 0.598. The molecule has 1 rings (SSSR count). The molecule has 1 nitrogen and oxygen atoms in total. The average molecular weight is 174 g/mol. The number of alkyl halides is 1. The topological polar surface area (TPSA) is 20.2 Å². The third-order valence-electron chi connectivity index (χ3n) is 2.78. The van der Waals surface area contributed by atoms with Crippen LogP contribution in [0.4, 0.5) is 4.39 Å². The molecule has 0 aromatic rings. The first kappa shape index (κ1) is 9.97. The van der Waals surface area contributed by atoms with Crippen LogP contribution in [-0.2, 0) is 0 Å². The fraction of sp³-hybridized carbons (Fsp3) is 1.00. The van der Waals surface area contributed by atoms with Gasteiger partial charge >= 0.3 is 0 Å². The van der Waals surface area contributed by atoms with Crippen molar-refractivity contribution in [2.24, 2.45) is 11.3 Å². The Morgan fingerprint density at radius 2 is 1.83 bits per heavy atom. The van der Waals surface area contributed by atoms with E-state index < -0.39 is 12.3 Å². The van der Waals surface area contributed by atoms with Gasteiger partial charge in [-0.15, -0.1) is 0 Å². The Hall–Kier alpha value is -0.110. The van der Waals surface area contributed by atoms with E-state index in [1.54, 1.807) is 0 Å². The summed E-state index contributed by atoms with van der Waals surface area (Å²) in [6.45, 7) is 6.00. The van der Waals surface area contributed by atoms with E-state index in [0.717, 1.165) is 12.8 Å². The highest BCUT2D eigenvalue weighted by Gasteiger charge is 2.40. The molecule has 0 radical (unpaired) electrons. The van der Waals surface area contributed by atoms with Gasteiger partial charge < -0.3 is 5.11 Å². The molecule has 0 heterocycles. The molecule has 1 fully saturated rings. The molecule has 0 aromatic heterocycles. The standard InChI is InChI=1S/C10H19FO/c1-10(2,3)9-7(11)5-4-6-8(9)12/h7-9,12H,4-6H2,1-3H3. The SMILES string of the molecule is CC(C)(C)C1C(O)CCCC1F. The first-order valence-electron chi connectivity index (χ1n) is 4.75. The van der Waals surface area contributed by atoms with Crippen LogP contribution < -0.4 is 0 Å². The Morgan fingerprint density at radius 3 is 2.17 bits per heavy atom. The van der Waals surface area contributed by atoms with Gasteiger partial charge in [-0.2, -0.15) is 0 Å². The van der Waals surface area contributed by atoms with E-state index in [4.69, 9.17) is 0 Å². The van der Waals surface area contributed by atoms with Crippen molar-refractivity contribution in [2.75, 3.05) is 0 Å². The predicted octanol–water partition coefficient (Wildman–Crippen LogP) is 2.53. The molecule has 0 aliphatic heterocycles. The monoisotopic (exact) mass is 174 g/mol. The highest BCUT2D eigenvalue weighted by molar-refractivity contribution is 4.89. The summed E-state index contributed by atoms with van der Waals surface area (Å²) in [5.41, 5.74) is -0.112. The molecule has 12 heavy (non-hydrogen) atoms. The van der Waals surface area contributed by atoms with Gasteiger partial charge in [-0.3, -0.25) is 0 Å². The molecule has 1 N–H and O–H groups in total. The fourth-order valence-corrected chi connectivity index (χ4v) is 2.24. The number of rotatable bonds is 0. The Labute approximate surface area is 74.0 Å². The first-order valence-corrected chi connectivity index (χ1v) is 4.75. The minimum Gasteiger partial charge on any atom is -0.393 e. The molecule has 72 valence electrons. The molecular weight excluding hydrogens is 155 g/mol. The van der Waals surface area contributed by atoms with E-state index in [0.29, 0.717) is 6.42 Å². The molecule has 0 saturated heterocycles. The summed E-state index contributed by atoms with van der Waals surface area (Å²) in [4.78, 5) is 0. The van der Waals surface area contributed by atoms with E-state index in [-0.39, 0.29) is 11.3 Å². The first-order chi connectivity index (χ1) is 5.43. The zero-order chi connectivity index (χ0) is 9.35. The van der Waals surface area contributed by atoms with Crippen LogP contribution in [0.2, 0.25) is 0 Å². The second kappa shape index (κ2) is 3.33. The van der Waals surface area contributed by atoms with E-state index in [1.165, 1.54) is 0 Å². The average Bonchev–Trinajstić information content (AvgIpc) is 1.82. The maximum absolute atomic E-state index is 13.4. The van der Waals surface area contributed by atoms with Gasteiger partial charge in [-0.05, 0) is 24.7 Å². The van der Waals surface area contributed by atoms with Crippen molar-refractivity contribution in [1.29, 1.82) is 0 Å². The lowest BCUT2D eigenvalue weighted by atomic mass is 9.70. The van der Waals surface area contributed by atoms with Crippen LogP contribution >= 0.6 is 0 Å². The van der Waals surface area contributed by atoms with Crippen molar-refractivity contribution in [3.8, 4) is 0 Å². The van der Waals surface area contributed by atoms with Gasteiger partial charge in [0.2, 0.25) is 0 Å². The van der Waals surface area contributed by atoms with Gasteiger partial charge in [0, 0.05) is 5.92 Å². The number of hydrogen-bond acceptors (Lipinski definition) is 1. The van der Waals surface area contributed by atoms with Crippen LogP contribution in [0.1, 0.15) is 40.0 Å². The van der Waals surface area contributed by atoms with Crippen LogP contribution in [0.3, 0.4) is 0 Å². The molecule has 0 bridgehead atoms. The smallest absolute Gasteiger partial charge is 0.106 e. The molecule has 1 saturated carbocycles. The molecule has 1 aliphatic rings. The molecule has 0 aromatic carbocycles. The third kappa shape index (κ3) is 1.98. The van der Waals surface area contributed by atoms with Gasteiger partial charge in [-0.1, -0.05) is 20.8 Å². The van der Waals surface area contributed by atoms with E-state index in [2.05, 4.69) is 0 Å². The highest BCUT2D eigenvalue weighted by atomic mass is 19.1. The lowest BCUT2D eigenvalue weighted by Gasteiger charge is -2.39. The van der Waals surface area contributed by atoms with Gasteiger partial charge in [0.25, 0.3) is 0 Å². The predicted molar refractivity (Wildman–Crippen MR) is 47.7 cm³/mol. The second-order valence-corrected chi connectivity index (χ2v) is 4.91. The summed E-state index contributed by atoms with van der Waals surface area (Å²) in [5, 5.41) is 9.63. The lowest BCUT2D eigenvalue weighted by Crippen LogP contribution is -2.42. The molecule has 0 spiro atoms. The Balaban J connectivity index is 2.69. The van der Waals surface area contributed by atoms with Gasteiger partial charge in [0.05, 0.1) is 6.10 Å². The summed E-state index contributed by atoms with van der Waals surface area (Å²) in [7, 11) is 0. The third-order valence-corrected chi connectivity index (χ3v) is 2.78. The largest absolute Gasteiger partial charge is 0.393 e. The van der Waals surface area contributed by atoms with E-state index in [1.807, 2.05) is 20.8 Å². The van der Waals surface area contributed by atoms with Crippen LogP contribution in [-0.4, -0.2) is 17.4 Å². The van der Waals surface area contributed by atoms with Crippen molar-refractivity contribution in [3.05, 3.63) is 0 Å². The number of aliphatic hydroxyl groups excluding tert-OH is 1. The minimum absolute atomic E-state index is 0.112. The van der Waals surface area contributed by atoms with Crippen molar-refractivity contribution in [2.45, 2.75) is 52.3 Å². The van der Waals surface area contributed by atoms with Gasteiger partial charge in [-0.25, -0.2) is 4.39 Å². The Morgan fingerprint density at radius 1 is 1.25 bits per heavy atom. The van der Waals surface area contributed by atoms with Gasteiger partial charge in [0.1, 0.15) is 6.17 Å². The van der Waals surface area contributed by atoms with Crippen LogP contribution in [0.15, 0.2) is 0 Å².